The molecule has 82 valence electrons. The normalized spacial score (nSPS) is 10.5. The molecule has 0 radical (unpaired) electrons. The summed E-state index contributed by atoms with van der Waals surface area (Å²) in [6, 6.07) is 0. The third kappa shape index (κ3) is 2.20. The summed E-state index contributed by atoms with van der Waals surface area (Å²) in [4.78, 5) is 14.2. The number of hydrogen-bond acceptors (Lipinski definition) is 3. The van der Waals surface area contributed by atoms with Gasteiger partial charge in [0.1, 0.15) is 10.7 Å². The largest absolute Gasteiger partial charge is 0.465 e. The zero-order valence-corrected chi connectivity index (χ0v) is 8.19. The molecule has 0 saturated heterocycles. The molecule has 0 aliphatic heterocycles. The number of hydrogen-bond donors (Lipinski definition) is 0. The van der Waals surface area contributed by atoms with Gasteiger partial charge in [0.05, 0.1) is 18.9 Å². The Kier molecular flexibility index (Phi) is 3.52. The molecule has 1 aromatic rings. The molecule has 7 heteroatoms. The number of esters is 1. The third-order valence-electron chi connectivity index (χ3n) is 1.63. The third-order valence-corrected chi connectivity index (χ3v) is 1.93. The van der Waals surface area contributed by atoms with Crippen LogP contribution in [0.4, 0.5) is 13.2 Å². The summed E-state index contributed by atoms with van der Waals surface area (Å²) in [6.45, 7) is 0. The first-order valence-corrected chi connectivity index (χ1v) is 4.07. The molecule has 0 fully saturated rings. The fourth-order valence-corrected chi connectivity index (χ4v) is 1.21. The van der Waals surface area contributed by atoms with E-state index in [0.29, 0.717) is 6.20 Å². The number of pyridine rings is 1. The Balaban J connectivity index is 3.45. The quantitative estimate of drug-likeness (QED) is 0.588. The van der Waals surface area contributed by atoms with Crippen LogP contribution >= 0.6 is 11.6 Å². The maximum Gasteiger partial charge on any atom is 0.341 e. The van der Waals surface area contributed by atoms with Crippen molar-refractivity contribution in [1.29, 1.82) is 0 Å². The minimum atomic E-state index is -3.10. The van der Waals surface area contributed by atoms with E-state index in [1.54, 1.807) is 0 Å². The van der Waals surface area contributed by atoms with E-state index in [4.69, 9.17) is 11.6 Å². The van der Waals surface area contributed by atoms with E-state index in [2.05, 4.69) is 9.72 Å². The van der Waals surface area contributed by atoms with Crippen molar-refractivity contribution >= 4 is 17.6 Å². The maximum absolute atomic E-state index is 13.1. The molecule has 0 bridgehead atoms. The van der Waals surface area contributed by atoms with Crippen molar-refractivity contribution < 1.29 is 22.7 Å². The average Bonchev–Trinajstić information content (AvgIpc) is 2.19. The fourth-order valence-electron chi connectivity index (χ4n) is 0.988. The topological polar surface area (TPSA) is 39.2 Å². The van der Waals surface area contributed by atoms with E-state index in [1.165, 1.54) is 0 Å². The Bertz CT molecular complexity index is 398. The molecule has 0 spiro atoms. The predicted molar refractivity (Wildman–Crippen MR) is 45.5 cm³/mol. The van der Waals surface area contributed by atoms with Crippen LogP contribution in [0, 0.1) is 5.82 Å². The second kappa shape index (κ2) is 4.48. The van der Waals surface area contributed by atoms with Gasteiger partial charge in [0.15, 0.2) is 5.82 Å². The Hall–Kier alpha value is -1.30. The number of alkyl halides is 2. The number of ether oxygens (including phenoxy) is 1. The first-order chi connectivity index (χ1) is 6.99. The van der Waals surface area contributed by atoms with Crippen molar-refractivity contribution in [2.24, 2.45) is 0 Å². The van der Waals surface area contributed by atoms with Gasteiger partial charge in [-0.25, -0.2) is 22.9 Å². The molecule has 15 heavy (non-hydrogen) atoms. The molecule has 1 rings (SSSR count). The van der Waals surface area contributed by atoms with Crippen LogP contribution in [-0.2, 0) is 4.74 Å². The first kappa shape index (κ1) is 11.8. The lowest BCUT2D eigenvalue weighted by molar-refractivity contribution is 0.0582. The summed E-state index contributed by atoms with van der Waals surface area (Å²) < 4.78 is 42.2. The molecule has 0 amide bonds. The number of rotatable bonds is 2. The molecule has 0 N–H and O–H groups in total. The van der Waals surface area contributed by atoms with E-state index < -0.39 is 34.5 Å². The van der Waals surface area contributed by atoms with E-state index in [1.807, 2.05) is 0 Å². The van der Waals surface area contributed by atoms with Crippen LogP contribution in [0.2, 0.25) is 5.15 Å². The van der Waals surface area contributed by atoms with Gasteiger partial charge >= 0.3 is 5.97 Å². The molecule has 1 heterocycles. The summed E-state index contributed by atoms with van der Waals surface area (Å²) in [7, 11) is 0.950. The fraction of sp³-hybridized carbons (Fsp3) is 0.250. The summed E-state index contributed by atoms with van der Waals surface area (Å²) in [5, 5.41) is -0.619. The molecular weight excluding hydrogens is 235 g/mol. The number of methoxy groups -OCH3 is 1. The molecule has 0 aliphatic rings. The zero-order valence-electron chi connectivity index (χ0n) is 7.43. The van der Waals surface area contributed by atoms with Crippen LogP contribution in [-0.4, -0.2) is 18.1 Å². The van der Waals surface area contributed by atoms with Gasteiger partial charge in [-0.2, -0.15) is 0 Å². The number of carbonyl (C=O) groups excluding carboxylic acids is 1. The van der Waals surface area contributed by atoms with Crippen LogP contribution in [0.15, 0.2) is 6.20 Å². The Morgan fingerprint density at radius 3 is 2.67 bits per heavy atom. The Morgan fingerprint density at radius 2 is 2.20 bits per heavy atom. The molecule has 0 aliphatic carbocycles. The highest BCUT2D eigenvalue weighted by Gasteiger charge is 2.27. The molecule has 0 atom stereocenters. The smallest absolute Gasteiger partial charge is 0.341 e. The van der Waals surface area contributed by atoms with Gasteiger partial charge in [-0.05, 0) is 0 Å². The molecule has 0 saturated carbocycles. The van der Waals surface area contributed by atoms with Crippen molar-refractivity contribution in [1.82, 2.24) is 4.98 Å². The van der Waals surface area contributed by atoms with Crippen LogP contribution in [0.3, 0.4) is 0 Å². The molecule has 1 aromatic heterocycles. The lowest BCUT2D eigenvalue weighted by atomic mass is 10.1. The maximum atomic E-state index is 13.1. The van der Waals surface area contributed by atoms with Crippen molar-refractivity contribution in [3.63, 3.8) is 0 Å². The van der Waals surface area contributed by atoms with E-state index in [0.717, 1.165) is 7.11 Å². The summed E-state index contributed by atoms with van der Waals surface area (Å²) >= 11 is 5.33. The summed E-state index contributed by atoms with van der Waals surface area (Å²) in [5.74, 6) is -2.41. The van der Waals surface area contributed by atoms with Gasteiger partial charge in [0.2, 0.25) is 0 Å². The van der Waals surface area contributed by atoms with Crippen LogP contribution in [0.5, 0.6) is 0 Å². The summed E-state index contributed by atoms with van der Waals surface area (Å²) in [5.41, 5.74) is -1.84. The van der Waals surface area contributed by atoms with Gasteiger partial charge in [0, 0.05) is 0 Å². The van der Waals surface area contributed by atoms with Crippen molar-refractivity contribution in [3.05, 3.63) is 28.3 Å². The lowest BCUT2D eigenvalue weighted by Gasteiger charge is -2.08. The highest BCUT2D eigenvalue weighted by molar-refractivity contribution is 6.30. The van der Waals surface area contributed by atoms with Gasteiger partial charge in [-0.15, -0.1) is 0 Å². The standard InChI is InChI=1S/C8H5ClF3NO2/c1-15-8(14)4-3(10)2-13-6(9)5(4)7(11)12/h2,7H,1H3. The van der Waals surface area contributed by atoms with Gasteiger partial charge in [-0.3, -0.25) is 0 Å². The predicted octanol–water partition coefficient (Wildman–Crippen LogP) is 2.60. The number of halogens is 4. The zero-order chi connectivity index (χ0) is 11.6. The van der Waals surface area contributed by atoms with Gasteiger partial charge < -0.3 is 4.74 Å². The minimum absolute atomic E-state index is 0.584. The highest BCUT2D eigenvalue weighted by Crippen LogP contribution is 2.30. The SMILES string of the molecule is COC(=O)c1c(F)cnc(Cl)c1C(F)F. The van der Waals surface area contributed by atoms with E-state index in [9.17, 15) is 18.0 Å². The van der Waals surface area contributed by atoms with Gasteiger partial charge in [-0.1, -0.05) is 11.6 Å². The Labute approximate surface area is 87.8 Å². The van der Waals surface area contributed by atoms with Gasteiger partial charge in [0.25, 0.3) is 6.43 Å². The average molecular weight is 240 g/mol. The van der Waals surface area contributed by atoms with Crippen LogP contribution < -0.4 is 0 Å². The Morgan fingerprint density at radius 1 is 1.60 bits per heavy atom. The van der Waals surface area contributed by atoms with E-state index in [-0.39, 0.29) is 0 Å². The van der Waals surface area contributed by atoms with E-state index >= 15 is 0 Å². The minimum Gasteiger partial charge on any atom is -0.465 e. The number of nitrogens with zero attached hydrogens (tertiary/aromatic N) is 1. The molecular formula is C8H5ClF3NO2. The highest BCUT2D eigenvalue weighted by atomic mass is 35.5. The number of carbonyl (C=O) groups is 1. The van der Waals surface area contributed by atoms with Crippen LogP contribution in [0.25, 0.3) is 0 Å². The summed E-state index contributed by atoms with van der Waals surface area (Å²) in [6.07, 6.45) is -2.52. The second-order valence-corrected chi connectivity index (χ2v) is 2.84. The molecule has 0 aromatic carbocycles. The number of aromatic nitrogens is 1. The van der Waals surface area contributed by atoms with Crippen molar-refractivity contribution in [2.45, 2.75) is 6.43 Å². The van der Waals surface area contributed by atoms with Crippen LogP contribution in [0.1, 0.15) is 22.3 Å². The van der Waals surface area contributed by atoms with Crippen molar-refractivity contribution in [3.8, 4) is 0 Å². The molecule has 3 nitrogen and oxygen atoms in total. The lowest BCUT2D eigenvalue weighted by Crippen LogP contribution is -2.10. The first-order valence-electron chi connectivity index (χ1n) is 3.69. The van der Waals surface area contributed by atoms with Crippen molar-refractivity contribution in [2.75, 3.05) is 7.11 Å². The monoisotopic (exact) mass is 239 g/mol. The molecule has 0 unspecified atom stereocenters. The second-order valence-electron chi connectivity index (χ2n) is 2.48.